The molecule has 1 N–H and O–H groups in total. The van der Waals surface area contributed by atoms with Crippen LogP contribution in [-0.2, 0) is 26.5 Å². The molecular formula is C17H11BrFN3O4. The summed E-state index contributed by atoms with van der Waals surface area (Å²) in [5.74, 6) is -3.73. The standard InChI is InChI=1S/C17H11BrFN3O4/c18-10-4-3-9(11(19)6-10)8-21-14(24)12-2-1-5-22(12)17(16(21)26)13(23)7-20-15(17)25/h1-6H,7-8H2,(H,20,25)/t17-/m1/s1. The highest BCUT2D eigenvalue weighted by molar-refractivity contribution is 9.10. The van der Waals surface area contributed by atoms with E-state index in [1.807, 2.05) is 0 Å². The Bertz CT molecular complexity index is 984. The predicted molar refractivity (Wildman–Crippen MR) is 89.4 cm³/mol. The Hall–Kier alpha value is -2.81. The van der Waals surface area contributed by atoms with E-state index < -0.39 is 34.9 Å². The molecule has 2 aliphatic rings. The molecule has 1 fully saturated rings. The molecule has 1 aromatic carbocycles. The largest absolute Gasteiger partial charge is 0.346 e. The van der Waals surface area contributed by atoms with Crippen LogP contribution in [0.5, 0.6) is 0 Å². The van der Waals surface area contributed by atoms with E-state index in [2.05, 4.69) is 21.2 Å². The van der Waals surface area contributed by atoms with Gasteiger partial charge in [0.2, 0.25) is 0 Å². The number of rotatable bonds is 2. The first-order chi connectivity index (χ1) is 12.4. The summed E-state index contributed by atoms with van der Waals surface area (Å²) in [7, 11) is 0. The number of ketones is 1. The number of carbonyl (C=O) groups is 4. The molecule has 4 rings (SSSR count). The van der Waals surface area contributed by atoms with E-state index in [1.165, 1.54) is 30.5 Å². The molecule has 1 atom stereocenters. The fourth-order valence-corrected chi connectivity index (χ4v) is 3.68. The van der Waals surface area contributed by atoms with Gasteiger partial charge in [-0.1, -0.05) is 22.0 Å². The van der Waals surface area contributed by atoms with Gasteiger partial charge in [0.15, 0.2) is 5.78 Å². The molecule has 0 saturated carbocycles. The summed E-state index contributed by atoms with van der Waals surface area (Å²) >= 11 is 3.14. The van der Waals surface area contributed by atoms with Crippen molar-refractivity contribution in [2.45, 2.75) is 12.1 Å². The molecule has 1 saturated heterocycles. The topological polar surface area (TPSA) is 88.5 Å². The minimum atomic E-state index is -2.15. The predicted octanol–water partition coefficient (Wildman–Crippen LogP) is 0.966. The van der Waals surface area contributed by atoms with Gasteiger partial charge in [0.05, 0.1) is 13.1 Å². The molecule has 3 heterocycles. The van der Waals surface area contributed by atoms with Crippen LogP contribution in [0.15, 0.2) is 41.0 Å². The van der Waals surface area contributed by atoms with Gasteiger partial charge < -0.3 is 9.88 Å². The molecule has 132 valence electrons. The number of imide groups is 1. The summed E-state index contributed by atoms with van der Waals surface area (Å²) in [6, 6.07) is 7.10. The maximum atomic E-state index is 14.2. The number of amides is 3. The second-order valence-corrected chi connectivity index (χ2v) is 6.93. The molecule has 2 aromatic rings. The van der Waals surface area contributed by atoms with E-state index in [1.54, 1.807) is 6.07 Å². The highest BCUT2D eigenvalue weighted by Gasteiger charge is 2.63. The van der Waals surface area contributed by atoms with Gasteiger partial charge in [-0.3, -0.25) is 24.1 Å². The Morgan fingerprint density at radius 1 is 1.19 bits per heavy atom. The van der Waals surface area contributed by atoms with Crippen LogP contribution in [0.3, 0.4) is 0 Å². The van der Waals surface area contributed by atoms with Gasteiger partial charge in [-0.05, 0) is 24.3 Å². The van der Waals surface area contributed by atoms with E-state index in [9.17, 15) is 23.6 Å². The summed E-state index contributed by atoms with van der Waals surface area (Å²) < 4.78 is 15.8. The van der Waals surface area contributed by atoms with Crippen molar-refractivity contribution in [1.29, 1.82) is 0 Å². The first kappa shape index (κ1) is 16.6. The van der Waals surface area contributed by atoms with Crippen molar-refractivity contribution in [2.24, 2.45) is 0 Å². The molecule has 0 bridgehead atoms. The lowest BCUT2D eigenvalue weighted by atomic mass is 9.90. The lowest BCUT2D eigenvalue weighted by Crippen LogP contribution is -2.63. The minimum Gasteiger partial charge on any atom is -0.346 e. The molecule has 2 aliphatic heterocycles. The van der Waals surface area contributed by atoms with Gasteiger partial charge in [0.25, 0.3) is 23.3 Å². The molecule has 3 amide bonds. The summed E-state index contributed by atoms with van der Waals surface area (Å²) in [5, 5.41) is 2.36. The van der Waals surface area contributed by atoms with Crippen LogP contribution in [0.25, 0.3) is 0 Å². The van der Waals surface area contributed by atoms with Crippen LogP contribution in [0.4, 0.5) is 4.39 Å². The third kappa shape index (κ3) is 2.03. The Kier molecular flexibility index (Phi) is 3.58. The molecule has 0 unspecified atom stereocenters. The van der Waals surface area contributed by atoms with Crippen molar-refractivity contribution < 1.29 is 23.6 Å². The zero-order valence-electron chi connectivity index (χ0n) is 13.2. The summed E-state index contributed by atoms with van der Waals surface area (Å²) in [6.45, 7) is -0.693. The number of nitrogens with zero attached hydrogens (tertiary/aromatic N) is 2. The fraction of sp³-hybridized carbons (Fsp3) is 0.176. The third-order valence-electron chi connectivity index (χ3n) is 4.61. The fourth-order valence-electron chi connectivity index (χ4n) is 3.34. The van der Waals surface area contributed by atoms with Crippen LogP contribution in [0, 0.1) is 5.82 Å². The maximum Gasteiger partial charge on any atom is 0.277 e. The highest BCUT2D eigenvalue weighted by Crippen LogP contribution is 2.34. The molecule has 0 radical (unpaired) electrons. The minimum absolute atomic E-state index is 0.0209. The van der Waals surface area contributed by atoms with Crippen molar-refractivity contribution in [3.05, 3.63) is 58.1 Å². The summed E-state index contributed by atoms with van der Waals surface area (Å²) in [6.07, 6.45) is 1.35. The van der Waals surface area contributed by atoms with E-state index >= 15 is 0 Å². The van der Waals surface area contributed by atoms with E-state index in [0.717, 1.165) is 9.47 Å². The van der Waals surface area contributed by atoms with Gasteiger partial charge >= 0.3 is 0 Å². The van der Waals surface area contributed by atoms with Crippen LogP contribution in [-0.4, -0.2) is 39.5 Å². The molecule has 1 aromatic heterocycles. The van der Waals surface area contributed by atoms with Crippen LogP contribution < -0.4 is 5.32 Å². The van der Waals surface area contributed by atoms with E-state index in [0.29, 0.717) is 4.47 Å². The van der Waals surface area contributed by atoms with Gasteiger partial charge in [-0.2, -0.15) is 0 Å². The second-order valence-electron chi connectivity index (χ2n) is 6.01. The molecule has 9 heteroatoms. The monoisotopic (exact) mass is 419 g/mol. The number of Topliss-reactive ketones (excluding diaryl/α,β-unsaturated/α-hetero) is 1. The number of hydrogen-bond acceptors (Lipinski definition) is 4. The SMILES string of the molecule is O=C1c2cccn2[C@@]2(C(=O)CNC2=O)C(=O)N1Cc1ccc(Br)cc1F. The summed E-state index contributed by atoms with van der Waals surface area (Å²) in [5.41, 5.74) is -2.04. The van der Waals surface area contributed by atoms with Crippen molar-refractivity contribution in [3.63, 3.8) is 0 Å². The van der Waals surface area contributed by atoms with Gasteiger partial charge in [0.1, 0.15) is 11.5 Å². The number of hydrogen-bond donors (Lipinski definition) is 1. The Balaban J connectivity index is 1.85. The Morgan fingerprint density at radius 2 is 1.96 bits per heavy atom. The van der Waals surface area contributed by atoms with Crippen molar-refractivity contribution in [2.75, 3.05) is 6.54 Å². The van der Waals surface area contributed by atoms with Crippen molar-refractivity contribution in [1.82, 2.24) is 14.8 Å². The Morgan fingerprint density at radius 3 is 2.62 bits per heavy atom. The lowest BCUT2D eigenvalue weighted by molar-refractivity contribution is -0.150. The van der Waals surface area contributed by atoms with Gasteiger partial charge in [-0.25, -0.2) is 4.39 Å². The van der Waals surface area contributed by atoms with Crippen LogP contribution in [0.1, 0.15) is 16.1 Å². The smallest absolute Gasteiger partial charge is 0.277 e. The average Bonchev–Trinajstić information content (AvgIpc) is 3.18. The molecular weight excluding hydrogens is 409 g/mol. The van der Waals surface area contributed by atoms with Crippen molar-refractivity contribution in [3.8, 4) is 0 Å². The van der Waals surface area contributed by atoms with E-state index in [-0.39, 0.29) is 24.3 Å². The quantitative estimate of drug-likeness (QED) is 0.580. The van der Waals surface area contributed by atoms with Gasteiger partial charge in [-0.15, -0.1) is 0 Å². The zero-order chi connectivity index (χ0) is 18.6. The first-order valence-electron chi connectivity index (χ1n) is 7.67. The molecule has 1 spiro atoms. The molecule has 0 aliphatic carbocycles. The number of aromatic nitrogens is 1. The number of benzene rings is 1. The lowest BCUT2D eigenvalue weighted by Gasteiger charge is -2.37. The van der Waals surface area contributed by atoms with Crippen LogP contribution in [0.2, 0.25) is 0 Å². The van der Waals surface area contributed by atoms with Crippen LogP contribution >= 0.6 is 15.9 Å². The molecule has 26 heavy (non-hydrogen) atoms. The second kappa shape index (κ2) is 5.60. The summed E-state index contributed by atoms with van der Waals surface area (Å²) in [4.78, 5) is 51.5. The van der Waals surface area contributed by atoms with Gasteiger partial charge in [0, 0.05) is 16.2 Å². The number of carbonyl (C=O) groups excluding carboxylic acids is 4. The average molecular weight is 420 g/mol. The van der Waals surface area contributed by atoms with E-state index in [4.69, 9.17) is 0 Å². The van der Waals surface area contributed by atoms with Crippen molar-refractivity contribution >= 4 is 39.4 Å². The maximum absolute atomic E-state index is 14.2. The Labute approximate surface area is 154 Å². The normalized spacial score (nSPS) is 22.2. The molecule has 7 nitrogen and oxygen atoms in total. The highest BCUT2D eigenvalue weighted by atomic mass is 79.9. The number of nitrogens with one attached hydrogen (secondary N) is 1. The number of fused-ring (bicyclic) bond motifs is 2. The zero-order valence-corrected chi connectivity index (χ0v) is 14.7. The number of halogens is 2. The first-order valence-corrected chi connectivity index (χ1v) is 8.46. The third-order valence-corrected chi connectivity index (χ3v) is 5.11.